The van der Waals surface area contributed by atoms with Crippen LogP contribution in [0.5, 0.6) is 0 Å². The maximum Gasteiger partial charge on any atom is 0.223 e. The summed E-state index contributed by atoms with van der Waals surface area (Å²) in [6.07, 6.45) is 3.94. The fourth-order valence-corrected chi connectivity index (χ4v) is 2.95. The zero-order valence-corrected chi connectivity index (χ0v) is 14.6. The highest BCUT2D eigenvalue weighted by Gasteiger charge is 2.13. The number of aromatic nitrogens is 5. The predicted octanol–water partition coefficient (Wildman–Crippen LogP) is 2.04. The smallest absolute Gasteiger partial charge is 0.223 e. The summed E-state index contributed by atoms with van der Waals surface area (Å²) < 4.78 is 1.76. The monoisotopic (exact) mass is 349 g/mol. The molecular formula is C18H19N7O. The third kappa shape index (κ3) is 2.75. The Bertz CT molecular complexity index is 1100. The average Bonchev–Trinajstić information content (AvgIpc) is 3.29. The highest BCUT2D eigenvalue weighted by molar-refractivity contribution is 6.08. The molecule has 8 heteroatoms. The molecule has 1 amide bonds. The quantitative estimate of drug-likeness (QED) is 0.586. The highest BCUT2D eigenvalue weighted by atomic mass is 16.2. The van der Waals surface area contributed by atoms with E-state index in [2.05, 4.69) is 20.3 Å². The number of carbonyl (C=O) groups excluding carboxylic acids is 1. The van der Waals surface area contributed by atoms with Crippen LogP contribution in [-0.2, 0) is 11.3 Å². The molecule has 8 nitrogen and oxygen atoms in total. The van der Waals surface area contributed by atoms with E-state index in [-0.39, 0.29) is 5.91 Å². The number of aromatic amines is 1. The molecule has 0 bridgehead atoms. The molecule has 0 saturated carbocycles. The molecule has 4 rings (SSSR count). The Labute approximate surface area is 149 Å². The van der Waals surface area contributed by atoms with E-state index in [1.54, 1.807) is 29.9 Å². The largest absolute Gasteiger partial charge is 0.383 e. The van der Waals surface area contributed by atoms with Crippen LogP contribution in [0.3, 0.4) is 0 Å². The van der Waals surface area contributed by atoms with Crippen LogP contribution in [0.2, 0.25) is 0 Å². The van der Waals surface area contributed by atoms with Crippen molar-refractivity contribution in [2.24, 2.45) is 0 Å². The maximum absolute atomic E-state index is 11.8. The molecule has 132 valence electrons. The van der Waals surface area contributed by atoms with Crippen molar-refractivity contribution in [3.8, 4) is 11.3 Å². The van der Waals surface area contributed by atoms with Crippen molar-refractivity contribution < 1.29 is 4.79 Å². The minimum atomic E-state index is 0.0599. The first-order valence-corrected chi connectivity index (χ1v) is 8.29. The van der Waals surface area contributed by atoms with Crippen molar-refractivity contribution in [1.82, 2.24) is 29.9 Å². The molecule has 26 heavy (non-hydrogen) atoms. The lowest BCUT2D eigenvalue weighted by atomic mass is 10.1. The van der Waals surface area contributed by atoms with Crippen LogP contribution < -0.4 is 5.73 Å². The summed E-state index contributed by atoms with van der Waals surface area (Å²) in [5.41, 5.74) is 9.62. The SMILES string of the molecule is CN(C)C(=O)CCn1cc2c(N)nc3cc(-c4ccn[nH]4)ccc3c2n1. The van der Waals surface area contributed by atoms with Gasteiger partial charge in [0.15, 0.2) is 0 Å². The van der Waals surface area contributed by atoms with Gasteiger partial charge in [0.05, 0.1) is 16.6 Å². The van der Waals surface area contributed by atoms with Crippen molar-refractivity contribution in [3.05, 3.63) is 36.7 Å². The van der Waals surface area contributed by atoms with Gasteiger partial charge < -0.3 is 10.6 Å². The molecule has 0 saturated heterocycles. The summed E-state index contributed by atoms with van der Waals surface area (Å²) in [5.74, 6) is 0.490. The third-order valence-corrected chi connectivity index (χ3v) is 4.40. The van der Waals surface area contributed by atoms with Crippen LogP contribution in [0.4, 0.5) is 5.82 Å². The minimum Gasteiger partial charge on any atom is -0.383 e. The fraction of sp³-hybridized carbons (Fsp3) is 0.222. The van der Waals surface area contributed by atoms with Crippen LogP contribution in [0.15, 0.2) is 36.7 Å². The van der Waals surface area contributed by atoms with E-state index in [0.29, 0.717) is 18.8 Å². The van der Waals surface area contributed by atoms with Crippen molar-refractivity contribution in [2.45, 2.75) is 13.0 Å². The number of carbonyl (C=O) groups is 1. The van der Waals surface area contributed by atoms with Gasteiger partial charge in [0, 0.05) is 50.4 Å². The highest BCUT2D eigenvalue weighted by Crippen LogP contribution is 2.29. The minimum absolute atomic E-state index is 0.0599. The lowest BCUT2D eigenvalue weighted by Crippen LogP contribution is -2.22. The number of rotatable bonds is 4. The lowest BCUT2D eigenvalue weighted by Gasteiger charge is -2.09. The average molecular weight is 349 g/mol. The normalized spacial score (nSPS) is 11.3. The van der Waals surface area contributed by atoms with Crippen LogP contribution >= 0.6 is 0 Å². The van der Waals surface area contributed by atoms with Gasteiger partial charge in [-0.05, 0) is 18.2 Å². The number of nitrogens with two attached hydrogens (primary N) is 1. The number of nitrogens with zero attached hydrogens (tertiary/aromatic N) is 5. The summed E-state index contributed by atoms with van der Waals surface area (Å²) in [4.78, 5) is 17.9. The zero-order chi connectivity index (χ0) is 18.3. The Morgan fingerprint density at radius 1 is 1.27 bits per heavy atom. The molecule has 0 aliphatic rings. The summed E-state index contributed by atoms with van der Waals surface area (Å²) in [5, 5.41) is 13.3. The van der Waals surface area contributed by atoms with Crippen LogP contribution in [-0.4, -0.2) is 49.9 Å². The van der Waals surface area contributed by atoms with Gasteiger partial charge in [0.25, 0.3) is 0 Å². The zero-order valence-electron chi connectivity index (χ0n) is 14.6. The predicted molar refractivity (Wildman–Crippen MR) is 100 cm³/mol. The van der Waals surface area contributed by atoms with Crippen molar-refractivity contribution >= 4 is 33.5 Å². The molecular weight excluding hydrogens is 330 g/mol. The molecule has 0 atom stereocenters. The Hall–Kier alpha value is -3.42. The van der Waals surface area contributed by atoms with Crippen molar-refractivity contribution in [3.63, 3.8) is 0 Å². The van der Waals surface area contributed by atoms with Crippen LogP contribution in [0, 0.1) is 0 Å². The molecule has 0 fully saturated rings. The van der Waals surface area contributed by atoms with E-state index < -0.39 is 0 Å². The third-order valence-electron chi connectivity index (χ3n) is 4.40. The molecule has 3 heterocycles. The van der Waals surface area contributed by atoms with Gasteiger partial charge in [-0.1, -0.05) is 6.07 Å². The molecule has 0 spiro atoms. The van der Waals surface area contributed by atoms with Gasteiger partial charge in [-0.2, -0.15) is 10.2 Å². The second-order valence-corrected chi connectivity index (χ2v) is 6.39. The number of nitrogen functional groups attached to an aromatic ring is 1. The van der Waals surface area contributed by atoms with Gasteiger partial charge in [0.2, 0.25) is 5.91 Å². The molecule has 0 aliphatic heterocycles. The molecule has 0 aliphatic carbocycles. The first-order valence-electron chi connectivity index (χ1n) is 8.29. The molecule has 0 unspecified atom stereocenters. The first kappa shape index (κ1) is 16.1. The second kappa shape index (κ2) is 6.14. The van der Waals surface area contributed by atoms with Gasteiger partial charge >= 0.3 is 0 Å². The Kier molecular flexibility index (Phi) is 3.80. The summed E-state index contributed by atoms with van der Waals surface area (Å²) in [6.45, 7) is 0.499. The molecule has 0 radical (unpaired) electrons. The number of anilines is 1. The number of pyridine rings is 1. The van der Waals surface area contributed by atoms with Crippen LogP contribution in [0.25, 0.3) is 33.1 Å². The number of fused-ring (bicyclic) bond motifs is 3. The number of aryl methyl sites for hydroxylation is 1. The number of benzene rings is 1. The lowest BCUT2D eigenvalue weighted by molar-refractivity contribution is -0.128. The molecule has 3 aromatic heterocycles. The molecule has 4 aromatic rings. The van der Waals surface area contributed by atoms with E-state index in [4.69, 9.17) is 5.73 Å². The van der Waals surface area contributed by atoms with Crippen LogP contribution in [0.1, 0.15) is 6.42 Å². The van der Waals surface area contributed by atoms with Crippen molar-refractivity contribution in [2.75, 3.05) is 19.8 Å². The number of hydrogen-bond acceptors (Lipinski definition) is 5. The fourth-order valence-electron chi connectivity index (χ4n) is 2.95. The Morgan fingerprint density at radius 2 is 2.12 bits per heavy atom. The number of H-pyrrole nitrogens is 1. The first-order chi connectivity index (χ1) is 12.5. The van der Waals surface area contributed by atoms with E-state index in [0.717, 1.165) is 33.1 Å². The Balaban J connectivity index is 1.75. The van der Waals surface area contributed by atoms with Crippen molar-refractivity contribution in [1.29, 1.82) is 0 Å². The van der Waals surface area contributed by atoms with Gasteiger partial charge in [-0.25, -0.2) is 4.98 Å². The number of amides is 1. The molecule has 3 N–H and O–H groups in total. The Morgan fingerprint density at radius 3 is 2.85 bits per heavy atom. The summed E-state index contributed by atoms with van der Waals surface area (Å²) in [6, 6.07) is 7.86. The van der Waals surface area contributed by atoms with E-state index >= 15 is 0 Å². The summed E-state index contributed by atoms with van der Waals surface area (Å²) in [7, 11) is 3.49. The standard InChI is InChI=1S/C18H19N7O/c1-24(2)16(26)6-8-25-10-13-17(23-25)12-4-3-11(14-5-7-20-22-14)9-15(12)21-18(13)19/h3-5,7,9-10H,6,8H2,1-2H3,(H2,19,21)(H,20,22). The molecule has 1 aromatic carbocycles. The van der Waals surface area contributed by atoms with E-state index in [1.807, 2.05) is 30.5 Å². The second-order valence-electron chi connectivity index (χ2n) is 6.39. The van der Waals surface area contributed by atoms with E-state index in [1.165, 1.54) is 0 Å². The van der Waals surface area contributed by atoms with Gasteiger partial charge in [-0.15, -0.1) is 0 Å². The number of nitrogens with one attached hydrogen (secondary N) is 1. The van der Waals surface area contributed by atoms with Gasteiger partial charge in [0.1, 0.15) is 11.3 Å². The van der Waals surface area contributed by atoms with Gasteiger partial charge in [-0.3, -0.25) is 14.6 Å². The topological polar surface area (TPSA) is 106 Å². The maximum atomic E-state index is 11.8. The summed E-state index contributed by atoms with van der Waals surface area (Å²) >= 11 is 0. The number of hydrogen-bond donors (Lipinski definition) is 2. The van der Waals surface area contributed by atoms with E-state index in [9.17, 15) is 4.79 Å².